The van der Waals surface area contributed by atoms with Crippen molar-refractivity contribution in [2.75, 3.05) is 19.8 Å². The van der Waals surface area contributed by atoms with Gasteiger partial charge in [0.25, 0.3) is 5.91 Å². The van der Waals surface area contributed by atoms with Crippen molar-refractivity contribution >= 4 is 5.91 Å². The molecule has 4 heteroatoms. The van der Waals surface area contributed by atoms with Gasteiger partial charge in [0.05, 0.1) is 19.3 Å². The van der Waals surface area contributed by atoms with E-state index in [9.17, 15) is 9.90 Å². The van der Waals surface area contributed by atoms with E-state index in [0.717, 1.165) is 38.0 Å². The first-order chi connectivity index (χ1) is 9.76. The molecule has 1 fully saturated rings. The first-order valence-corrected chi connectivity index (χ1v) is 7.41. The lowest BCUT2D eigenvalue weighted by molar-refractivity contribution is 0.0677. The Labute approximate surface area is 120 Å². The van der Waals surface area contributed by atoms with Gasteiger partial charge in [-0.05, 0) is 43.5 Å². The second-order valence-corrected chi connectivity index (χ2v) is 5.20. The summed E-state index contributed by atoms with van der Waals surface area (Å²) < 4.78 is 5.58. The first kappa shape index (κ1) is 14.9. The second kappa shape index (κ2) is 7.29. The lowest BCUT2D eigenvalue weighted by Crippen LogP contribution is -2.37. The first-order valence-electron chi connectivity index (χ1n) is 7.41. The fourth-order valence-corrected chi connectivity index (χ4v) is 2.49. The Hall–Kier alpha value is -1.55. The molecular formula is C16H23NO3. The summed E-state index contributed by atoms with van der Waals surface area (Å²) in [4.78, 5) is 14.1. The molecule has 20 heavy (non-hydrogen) atoms. The van der Waals surface area contributed by atoms with Crippen LogP contribution in [0.4, 0.5) is 0 Å². The van der Waals surface area contributed by atoms with E-state index in [-0.39, 0.29) is 18.6 Å². The maximum absolute atomic E-state index is 12.4. The summed E-state index contributed by atoms with van der Waals surface area (Å²) in [6, 6.07) is 7.26. The summed E-state index contributed by atoms with van der Waals surface area (Å²) in [7, 11) is 0. The van der Waals surface area contributed by atoms with Crippen molar-refractivity contribution in [3.63, 3.8) is 0 Å². The number of benzene rings is 1. The molecule has 1 aliphatic heterocycles. The Balaban J connectivity index is 1.96. The Morgan fingerprint density at radius 1 is 1.40 bits per heavy atom. The number of nitrogens with zero attached hydrogens (tertiary/aromatic N) is 1. The molecule has 1 aromatic rings. The molecule has 1 N–H and O–H groups in total. The molecule has 1 aliphatic rings. The van der Waals surface area contributed by atoms with Gasteiger partial charge in [0.1, 0.15) is 5.75 Å². The van der Waals surface area contributed by atoms with E-state index in [1.807, 2.05) is 12.1 Å². The molecule has 1 amide bonds. The van der Waals surface area contributed by atoms with Crippen LogP contribution in [0.2, 0.25) is 0 Å². The zero-order chi connectivity index (χ0) is 14.4. The summed E-state index contributed by atoms with van der Waals surface area (Å²) >= 11 is 0. The van der Waals surface area contributed by atoms with Gasteiger partial charge < -0.3 is 14.7 Å². The van der Waals surface area contributed by atoms with Crippen LogP contribution in [0.25, 0.3) is 0 Å². The minimum Gasteiger partial charge on any atom is -0.494 e. The van der Waals surface area contributed by atoms with Gasteiger partial charge in [0, 0.05) is 12.1 Å². The molecule has 1 heterocycles. The van der Waals surface area contributed by atoms with E-state index in [2.05, 4.69) is 6.92 Å². The zero-order valence-electron chi connectivity index (χ0n) is 12.0. The summed E-state index contributed by atoms with van der Waals surface area (Å²) in [6.45, 7) is 3.62. The number of likely N-dealkylation sites (tertiary alicyclic amines) is 1. The van der Waals surface area contributed by atoms with Crippen LogP contribution in [-0.4, -0.2) is 41.7 Å². The molecular weight excluding hydrogens is 254 g/mol. The zero-order valence-corrected chi connectivity index (χ0v) is 12.0. The highest BCUT2D eigenvalue weighted by molar-refractivity contribution is 5.94. The second-order valence-electron chi connectivity index (χ2n) is 5.20. The average Bonchev–Trinajstić information content (AvgIpc) is 2.96. The van der Waals surface area contributed by atoms with Crippen molar-refractivity contribution in [2.24, 2.45) is 0 Å². The van der Waals surface area contributed by atoms with Crippen LogP contribution in [0.3, 0.4) is 0 Å². The Kier molecular flexibility index (Phi) is 5.41. The van der Waals surface area contributed by atoms with Crippen LogP contribution in [0.15, 0.2) is 24.3 Å². The third kappa shape index (κ3) is 3.51. The van der Waals surface area contributed by atoms with Crippen molar-refractivity contribution in [2.45, 2.75) is 38.6 Å². The van der Waals surface area contributed by atoms with Crippen molar-refractivity contribution < 1.29 is 14.6 Å². The number of hydrogen-bond donors (Lipinski definition) is 1. The number of unbranched alkanes of at least 4 members (excludes halogenated alkanes) is 1. The number of carbonyl (C=O) groups excluding carboxylic acids is 1. The Morgan fingerprint density at radius 3 is 2.80 bits per heavy atom. The summed E-state index contributed by atoms with van der Waals surface area (Å²) in [6.07, 6.45) is 4.00. The van der Waals surface area contributed by atoms with Crippen LogP contribution < -0.4 is 4.74 Å². The van der Waals surface area contributed by atoms with Gasteiger partial charge in [-0.25, -0.2) is 0 Å². The lowest BCUT2D eigenvalue weighted by atomic mass is 10.1. The maximum Gasteiger partial charge on any atom is 0.254 e. The SMILES string of the molecule is CCCCOc1ccc(C(=O)N2CCCC2CO)cc1. The van der Waals surface area contributed by atoms with Crippen molar-refractivity contribution in [3.8, 4) is 5.75 Å². The highest BCUT2D eigenvalue weighted by atomic mass is 16.5. The fraction of sp³-hybridized carbons (Fsp3) is 0.562. The number of hydrogen-bond acceptors (Lipinski definition) is 3. The number of aliphatic hydroxyl groups is 1. The van der Waals surface area contributed by atoms with E-state index in [1.54, 1.807) is 17.0 Å². The molecule has 0 saturated carbocycles. The number of rotatable bonds is 6. The monoisotopic (exact) mass is 277 g/mol. The van der Waals surface area contributed by atoms with Crippen LogP contribution in [0.5, 0.6) is 5.75 Å². The highest BCUT2D eigenvalue weighted by Crippen LogP contribution is 2.21. The summed E-state index contributed by atoms with van der Waals surface area (Å²) in [5.41, 5.74) is 0.660. The van der Waals surface area contributed by atoms with Crippen molar-refractivity contribution in [1.29, 1.82) is 0 Å². The quantitative estimate of drug-likeness (QED) is 0.813. The minimum atomic E-state index is -0.0250. The number of ether oxygens (including phenoxy) is 1. The molecule has 1 unspecified atom stereocenters. The third-order valence-electron chi connectivity index (χ3n) is 3.72. The smallest absolute Gasteiger partial charge is 0.254 e. The molecule has 2 rings (SSSR count). The predicted molar refractivity (Wildman–Crippen MR) is 78.0 cm³/mol. The van der Waals surface area contributed by atoms with Crippen LogP contribution >= 0.6 is 0 Å². The topological polar surface area (TPSA) is 49.8 Å². The predicted octanol–water partition coefficient (Wildman–Crippen LogP) is 2.46. The van der Waals surface area contributed by atoms with Gasteiger partial charge in [-0.3, -0.25) is 4.79 Å². The largest absolute Gasteiger partial charge is 0.494 e. The number of carbonyl (C=O) groups is 1. The molecule has 1 saturated heterocycles. The van der Waals surface area contributed by atoms with Crippen LogP contribution in [-0.2, 0) is 0 Å². The average molecular weight is 277 g/mol. The summed E-state index contributed by atoms with van der Waals surface area (Å²) in [5, 5.41) is 9.28. The molecule has 0 aliphatic carbocycles. The van der Waals surface area contributed by atoms with Gasteiger partial charge in [-0.1, -0.05) is 13.3 Å². The van der Waals surface area contributed by atoms with Gasteiger partial charge in [-0.15, -0.1) is 0 Å². The molecule has 110 valence electrons. The van der Waals surface area contributed by atoms with Crippen molar-refractivity contribution in [1.82, 2.24) is 4.90 Å². The number of amides is 1. The van der Waals surface area contributed by atoms with Gasteiger partial charge >= 0.3 is 0 Å². The van der Waals surface area contributed by atoms with Gasteiger partial charge in [-0.2, -0.15) is 0 Å². The van der Waals surface area contributed by atoms with E-state index in [0.29, 0.717) is 12.2 Å². The third-order valence-corrected chi connectivity index (χ3v) is 3.72. The normalized spacial score (nSPS) is 18.3. The molecule has 1 aromatic carbocycles. The summed E-state index contributed by atoms with van der Waals surface area (Å²) in [5.74, 6) is 0.803. The maximum atomic E-state index is 12.4. The molecule has 0 aromatic heterocycles. The minimum absolute atomic E-state index is 0.00154. The highest BCUT2D eigenvalue weighted by Gasteiger charge is 2.28. The fourth-order valence-electron chi connectivity index (χ4n) is 2.49. The van der Waals surface area contributed by atoms with Crippen LogP contribution in [0.1, 0.15) is 43.0 Å². The Bertz CT molecular complexity index is 430. The molecule has 0 radical (unpaired) electrons. The molecule has 1 atom stereocenters. The van der Waals surface area contributed by atoms with Gasteiger partial charge in [0.15, 0.2) is 0 Å². The van der Waals surface area contributed by atoms with Gasteiger partial charge in [0.2, 0.25) is 0 Å². The van der Waals surface area contributed by atoms with E-state index >= 15 is 0 Å². The van der Waals surface area contributed by atoms with E-state index < -0.39 is 0 Å². The molecule has 0 bridgehead atoms. The van der Waals surface area contributed by atoms with E-state index in [1.165, 1.54) is 0 Å². The van der Waals surface area contributed by atoms with Crippen LogP contribution in [0, 0.1) is 0 Å². The number of aliphatic hydroxyl groups excluding tert-OH is 1. The molecule has 4 nitrogen and oxygen atoms in total. The van der Waals surface area contributed by atoms with E-state index in [4.69, 9.17) is 4.74 Å². The standard InChI is InChI=1S/C16H23NO3/c1-2-3-11-20-15-8-6-13(7-9-15)16(19)17-10-4-5-14(17)12-18/h6-9,14,18H,2-5,10-12H2,1H3. The lowest BCUT2D eigenvalue weighted by Gasteiger charge is -2.23. The Morgan fingerprint density at radius 2 is 2.15 bits per heavy atom. The van der Waals surface area contributed by atoms with Crippen molar-refractivity contribution in [3.05, 3.63) is 29.8 Å². The molecule has 0 spiro atoms.